The van der Waals surface area contributed by atoms with Gasteiger partial charge in [-0.25, -0.2) is 14.3 Å². The van der Waals surface area contributed by atoms with Gasteiger partial charge in [0.15, 0.2) is 5.65 Å². The van der Waals surface area contributed by atoms with E-state index in [0.29, 0.717) is 18.3 Å². The van der Waals surface area contributed by atoms with E-state index in [4.69, 9.17) is 4.74 Å². The molecule has 0 saturated carbocycles. The zero-order valence-corrected chi connectivity index (χ0v) is 17.2. The molecule has 2 heterocycles. The van der Waals surface area contributed by atoms with Gasteiger partial charge in [0.1, 0.15) is 11.3 Å². The summed E-state index contributed by atoms with van der Waals surface area (Å²) in [5.74, 6) is 0.785. The van der Waals surface area contributed by atoms with Crippen molar-refractivity contribution in [2.24, 2.45) is 0 Å². The van der Waals surface area contributed by atoms with E-state index < -0.39 is 0 Å². The van der Waals surface area contributed by atoms with E-state index in [9.17, 15) is 4.79 Å². The van der Waals surface area contributed by atoms with Gasteiger partial charge >= 0.3 is 5.69 Å². The molecule has 2 N–H and O–H groups in total. The average Bonchev–Trinajstić information content (AvgIpc) is 2.99. The predicted octanol–water partition coefficient (Wildman–Crippen LogP) is 4.80. The second kappa shape index (κ2) is 8.95. The molecule has 0 fully saturated rings. The summed E-state index contributed by atoms with van der Waals surface area (Å²) in [6, 6.07) is 9.91. The number of nitrogens with one attached hydrogen (secondary N) is 2. The number of imidazole rings is 1. The first-order chi connectivity index (χ1) is 13.6. The number of aromatic nitrogens is 3. The monoisotopic (exact) mass is 382 g/mol. The van der Waals surface area contributed by atoms with Crippen LogP contribution in [0.1, 0.15) is 52.1 Å². The molecule has 3 aromatic rings. The van der Waals surface area contributed by atoms with Gasteiger partial charge in [-0.2, -0.15) is 0 Å². The number of fused-ring (bicyclic) bond motifs is 1. The highest BCUT2D eigenvalue weighted by Gasteiger charge is 2.16. The summed E-state index contributed by atoms with van der Waals surface area (Å²) in [5, 5.41) is 3.64. The summed E-state index contributed by atoms with van der Waals surface area (Å²) < 4.78 is 7.13. The standard InChI is InChI=1S/C22H30N4O2/c1-5-8-16(9-6-2)24-19-14-15(4)23-21-20(19)25-22(27)26(21)17-10-12-18(13-11-17)28-7-3/h10-14,16H,5-9H2,1-4H3,(H,23,24)(H,25,27). The smallest absolute Gasteiger partial charge is 0.332 e. The second-order valence-electron chi connectivity index (χ2n) is 7.12. The third-order valence-corrected chi connectivity index (χ3v) is 4.82. The number of pyridine rings is 1. The molecule has 0 amide bonds. The van der Waals surface area contributed by atoms with Crippen molar-refractivity contribution in [3.05, 3.63) is 46.5 Å². The maximum Gasteiger partial charge on any atom is 0.332 e. The lowest BCUT2D eigenvalue weighted by Crippen LogP contribution is -2.19. The van der Waals surface area contributed by atoms with Crippen molar-refractivity contribution in [3.8, 4) is 11.4 Å². The number of anilines is 1. The molecule has 0 saturated heterocycles. The molecule has 0 aliphatic carbocycles. The highest BCUT2D eigenvalue weighted by molar-refractivity contribution is 5.87. The molecule has 0 aliphatic heterocycles. The first-order valence-corrected chi connectivity index (χ1v) is 10.2. The maximum atomic E-state index is 12.8. The largest absolute Gasteiger partial charge is 0.494 e. The molecule has 1 aromatic carbocycles. The number of benzene rings is 1. The minimum absolute atomic E-state index is 0.192. The van der Waals surface area contributed by atoms with Gasteiger partial charge in [-0.3, -0.25) is 0 Å². The first-order valence-electron chi connectivity index (χ1n) is 10.2. The molecule has 6 heteroatoms. The van der Waals surface area contributed by atoms with E-state index >= 15 is 0 Å². The van der Waals surface area contributed by atoms with Crippen molar-refractivity contribution in [3.63, 3.8) is 0 Å². The fourth-order valence-corrected chi connectivity index (χ4v) is 3.62. The van der Waals surface area contributed by atoms with E-state index in [-0.39, 0.29) is 5.69 Å². The van der Waals surface area contributed by atoms with Crippen LogP contribution < -0.4 is 15.7 Å². The van der Waals surface area contributed by atoms with Crippen LogP contribution in [0.15, 0.2) is 35.1 Å². The van der Waals surface area contributed by atoms with Crippen LogP contribution in [0.5, 0.6) is 5.75 Å². The van der Waals surface area contributed by atoms with E-state index in [1.54, 1.807) is 4.57 Å². The van der Waals surface area contributed by atoms with Gasteiger partial charge in [0, 0.05) is 11.7 Å². The molecule has 0 atom stereocenters. The Morgan fingerprint density at radius 3 is 2.43 bits per heavy atom. The Morgan fingerprint density at radius 2 is 1.82 bits per heavy atom. The van der Waals surface area contributed by atoms with Crippen LogP contribution in [0, 0.1) is 6.92 Å². The molecular formula is C22H30N4O2. The minimum Gasteiger partial charge on any atom is -0.494 e. The normalized spacial score (nSPS) is 11.3. The van der Waals surface area contributed by atoms with Gasteiger partial charge in [0.25, 0.3) is 0 Å². The summed E-state index contributed by atoms with van der Waals surface area (Å²) in [7, 11) is 0. The fourth-order valence-electron chi connectivity index (χ4n) is 3.62. The van der Waals surface area contributed by atoms with Crippen molar-refractivity contribution in [2.75, 3.05) is 11.9 Å². The fraction of sp³-hybridized carbons (Fsp3) is 0.455. The van der Waals surface area contributed by atoms with Crippen molar-refractivity contribution in [2.45, 2.75) is 59.4 Å². The number of H-pyrrole nitrogens is 1. The summed E-state index contributed by atoms with van der Waals surface area (Å²) in [5.41, 5.74) is 3.78. The maximum absolute atomic E-state index is 12.8. The van der Waals surface area contributed by atoms with E-state index in [1.807, 2.05) is 44.2 Å². The molecule has 28 heavy (non-hydrogen) atoms. The quantitative estimate of drug-likeness (QED) is 0.557. The first kappa shape index (κ1) is 20.0. The highest BCUT2D eigenvalue weighted by atomic mass is 16.5. The van der Waals surface area contributed by atoms with Gasteiger partial charge < -0.3 is 15.0 Å². The Morgan fingerprint density at radius 1 is 1.14 bits per heavy atom. The summed E-state index contributed by atoms with van der Waals surface area (Å²) in [6.45, 7) is 8.91. The second-order valence-corrected chi connectivity index (χ2v) is 7.12. The summed E-state index contributed by atoms with van der Waals surface area (Å²) in [4.78, 5) is 20.4. The molecule has 0 bridgehead atoms. The third-order valence-electron chi connectivity index (χ3n) is 4.82. The van der Waals surface area contributed by atoms with Crippen LogP contribution in [0.3, 0.4) is 0 Å². The minimum atomic E-state index is -0.192. The molecule has 0 aliphatic rings. The third kappa shape index (κ3) is 4.21. The van der Waals surface area contributed by atoms with Crippen molar-refractivity contribution in [1.82, 2.24) is 14.5 Å². The Kier molecular flexibility index (Phi) is 6.39. The van der Waals surface area contributed by atoms with E-state index in [2.05, 4.69) is 29.1 Å². The lowest BCUT2D eigenvalue weighted by atomic mass is 10.1. The summed E-state index contributed by atoms with van der Waals surface area (Å²) >= 11 is 0. The average molecular weight is 383 g/mol. The van der Waals surface area contributed by atoms with Crippen molar-refractivity contribution < 1.29 is 4.74 Å². The summed E-state index contributed by atoms with van der Waals surface area (Å²) in [6.07, 6.45) is 4.43. The van der Waals surface area contributed by atoms with Crippen LogP contribution in [-0.4, -0.2) is 27.2 Å². The van der Waals surface area contributed by atoms with Crippen molar-refractivity contribution in [1.29, 1.82) is 0 Å². The van der Waals surface area contributed by atoms with Crippen LogP contribution in [0.2, 0.25) is 0 Å². The topological polar surface area (TPSA) is 71.9 Å². The number of nitrogens with zero attached hydrogens (tertiary/aromatic N) is 2. The van der Waals surface area contributed by atoms with Gasteiger partial charge in [0.05, 0.1) is 18.0 Å². The van der Waals surface area contributed by atoms with Gasteiger partial charge in [-0.05, 0) is 57.0 Å². The lowest BCUT2D eigenvalue weighted by molar-refractivity contribution is 0.340. The SMILES string of the molecule is CCCC(CCC)Nc1cc(C)nc2c1[nH]c(=O)n2-c1ccc(OCC)cc1. The number of aryl methyl sites for hydroxylation is 1. The highest BCUT2D eigenvalue weighted by Crippen LogP contribution is 2.25. The van der Waals surface area contributed by atoms with Gasteiger partial charge in [-0.15, -0.1) is 0 Å². The van der Waals surface area contributed by atoms with E-state index in [1.165, 1.54) is 0 Å². The number of ether oxygens (including phenoxy) is 1. The van der Waals surface area contributed by atoms with Gasteiger partial charge in [0.2, 0.25) is 0 Å². The number of aromatic amines is 1. The molecule has 2 aromatic heterocycles. The molecule has 6 nitrogen and oxygen atoms in total. The van der Waals surface area contributed by atoms with Crippen LogP contribution in [-0.2, 0) is 0 Å². The molecular weight excluding hydrogens is 352 g/mol. The van der Waals surface area contributed by atoms with Crippen molar-refractivity contribution >= 4 is 16.9 Å². The molecule has 150 valence electrons. The zero-order valence-electron chi connectivity index (χ0n) is 17.2. The number of hydrogen-bond donors (Lipinski definition) is 2. The van der Waals surface area contributed by atoms with Crippen LogP contribution in [0.25, 0.3) is 16.9 Å². The molecule has 0 radical (unpaired) electrons. The lowest BCUT2D eigenvalue weighted by Gasteiger charge is -2.19. The molecule has 0 unspecified atom stereocenters. The molecule has 0 spiro atoms. The van der Waals surface area contributed by atoms with Gasteiger partial charge in [-0.1, -0.05) is 26.7 Å². The number of hydrogen-bond acceptors (Lipinski definition) is 4. The predicted molar refractivity (Wildman–Crippen MR) is 115 cm³/mol. The Labute approximate surface area is 166 Å². The van der Waals surface area contributed by atoms with Crippen LogP contribution >= 0.6 is 0 Å². The van der Waals surface area contributed by atoms with Crippen LogP contribution in [0.4, 0.5) is 5.69 Å². The Balaban J connectivity index is 2.05. The molecule has 3 rings (SSSR count). The van der Waals surface area contributed by atoms with E-state index in [0.717, 1.165) is 54.0 Å². The zero-order chi connectivity index (χ0) is 20.1. The Bertz CT molecular complexity index is 967. The Hall–Kier alpha value is -2.76. The number of rotatable bonds is 9.